The first-order valence-corrected chi connectivity index (χ1v) is 25.8. The summed E-state index contributed by atoms with van der Waals surface area (Å²) in [7, 11) is 0. The molecular weight excluding hydrogens is 901 g/mol. The molecule has 0 radical (unpaired) electrons. The van der Waals surface area contributed by atoms with Gasteiger partial charge in [0.15, 0.2) is 0 Å². The maximum atomic E-state index is 6.92. The van der Waals surface area contributed by atoms with Gasteiger partial charge in [0.25, 0.3) is 0 Å². The Morgan fingerprint density at radius 3 is 1.51 bits per heavy atom. The van der Waals surface area contributed by atoms with E-state index in [2.05, 4.69) is 292 Å². The van der Waals surface area contributed by atoms with Crippen molar-refractivity contribution in [1.82, 2.24) is 9.55 Å². The number of hydrogen-bond donors (Lipinski definition) is 0. The third-order valence-corrected chi connectivity index (χ3v) is 15.8. The minimum atomic E-state index is -0.244. The van der Waals surface area contributed by atoms with Crippen LogP contribution in [0.4, 0.5) is 22.7 Å². The molecule has 74 heavy (non-hydrogen) atoms. The van der Waals surface area contributed by atoms with Crippen molar-refractivity contribution < 1.29 is 4.74 Å². The molecule has 1 aliphatic rings. The lowest BCUT2D eigenvalue weighted by molar-refractivity contribution is 0.483. The number of ether oxygens (including phenoxy) is 1. The number of hydrogen-bond acceptors (Lipinski definition) is 4. The lowest BCUT2D eigenvalue weighted by atomic mass is 9.73. The van der Waals surface area contributed by atoms with E-state index in [4.69, 9.17) is 9.72 Å². The summed E-state index contributed by atoms with van der Waals surface area (Å²) < 4.78 is 9.22. The molecule has 0 aliphatic carbocycles. The predicted octanol–water partition coefficient (Wildman–Crippen LogP) is 17.9. The number of pyridine rings is 1. The second kappa shape index (κ2) is 18.4. The normalized spacial score (nSPS) is 12.9. The number of aromatic nitrogens is 2. The van der Waals surface area contributed by atoms with E-state index in [1.807, 2.05) is 6.20 Å². The lowest BCUT2D eigenvalue weighted by Crippen LogP contribution is -2.27. The zero-order valence-electron chi connectivity index (χ0n) is 43.0. The molecule has 0 saturated heterocycles. The van der Waals surface area contributed by atoms with Crippen LogP contribution in [0.25, 0.3) is 38.8 Å². The Labute approximate surface area is 435 Å². The highest BCUT2D eigenvalue weighted by Gasteiger charge is 2.33. The fourth-order valence-electron chi connectivity index (χ4n) is 11.1. The Morgan fingerprint density at radius 2 is 0.905 bits per heavy atom. The van der Waals surface area contributed by atoms with Crippen LogP contribution in [0.3, 0.4) is 0 Å². The van der Waals surface area contributed by atoms with E-state index < -0.39 is 0 Å². The van der Waals surface area contributed by atoms with Crippen LogP contribution in [0.15, 0.2) is 243 Å². The molecule has 0 amide bonds. The van der Waals surface area contributed by atoms with Crippen LogP contribution in [0.1, 0.15) is 74.9 Å². The topological polar surface area (TPSA) is 33.5 Å². The highest BCUT2D eigenvalue weighted by atomic mass is 16.5. The molecule has 2 aromatic heterocycles. The van der Waals surface area contributed by atoms with Crippen molar-refractivity contribution in [2.45, 2.75) is 57.8 Å². The van der Waals surface area contributed by atoms with E-state index in [-0.39, 0.29) is 16.2 Å². The zero-order chi connectivity index (χ0) is 50.6. The Hall–Kier alpha value is -8.67. The van der Waals surface area contributed by atoms with Gasteiger partial charge in [0.1, 0.15) is 24.0 Å². The lowest BCUT2D eigenvalue weighted by Gasteiger charge is -2.33. The summed E-state index contributed by atoms with van der Waals surface area (Å²) in [5.41, 5.74) is 15.8. The molecule has 0 N–H and O–H groups in total. The van der Waals surface area contributed by atoms with Crippen LogP contribution in [0.5, 0.6) is 11.5 Å². The molecule has 1 aliphatic heterocycles. The van der Waals surface area contributed by atoms with Crippen LogP contribution in [0, 0.1) is 0 Å². The first-order valence-electron chi connectivity index (χ1n) is 25.8. The Kier molecular flexibility index (Phi) is 11.6. The molecule has 9 aromatic carbocycles. The van der Waals surface area contributed by atoms with Gasteiger partial charge >= 0.3 is 0 Å². The number of para-hydroxylation sites is 2. The average Bonchev–Trinajstić information content (AvgIpc) is 4.00. The molecule has 12 rings (SSSR count). The first kappa shape index (κ1) is 46.4. The van der Waals surface area contributed by atoms with Crippen molar-refractivity contribution in [3.8, 4) is 28.4 Å². The van der Waals surface area contributed by atoms with Crippen LogP contribution in [-0.4, -0.2) is 16.2 Å². The summed E-state index contributed by atoms with van der Waals surface area (Å²) in [6, 6.07) is 85.3. The van der Waals surface area contributed by atoms with Crippen molar-refractivity contribution in [2.24, 2.45) is 0 Å². The second-order valence-corrected chi connectivity index (χ2v) is 21.3. The van der Waals surface area contributed by atoms with Crippen molar-refractivity contribution in [3.63, 3.8) is 0 Å². The summed E-state index contributed by atoms with van der Waals surface area (Å²) in [6.45, 7) is 14.6. The van der Waals surface area contributed by atoms with Gasteiger partial charge in [-0.15, -0.1) is 0 Å². The van der Waals surface area contributed by atoms with E-state index in [9.17, 15) is 0 Å². The monoisotopic (exact) mass is 960 g/mol. The first-order chi connectivity index (χ1) is 35.9. The van der Waals surface area contributed by atoms with Gasteiger partial charge in [-0.1, -0.05) is 193 Å². The second-order valence-electron chi connectivity index (χ2n) is 21.3. The maximum absolute atomic E-state index is 6.92. The summed E-state index contributed by atoms with van der Waals surface area (Å²) in [4.78, 5) is 9.93. The van der Waals surface area contributed by atoms with Crippen molar-refractivity contribution in [2.75, 3.05) is 16.5 Å². The largest absolute Gasteiger partial charge is 0.457 e. The predicted molar refractivity (Wildman–Crippen MR) is 308 cm³/mol. The Balaban J connectivity index is 0.917. The highest BCUT2D eigenvalue weighted by Crippen LogP contribution is 2.48. The molecule has 0 bridgehead atoms. The fourth-order valence-corrected chi connectivity index (χ4v) is 11.1. The Bertz CT molecular complexity index is 3750. The molecular formula is C69H60N4O. The zero-order valence-corrected chi connectivity index (χ0v) is 43.0. The van der Waals surface area contributed by atoms with Gasteiger partial charge in [-0.2, -0.15) is 0 Å². The minimum absolute atomic E-state index is 0.240. The molecule has 5 nitrogen and oxygen atoms in total. The summed E-state index contributed by atoms with van der Waals surface area (Å²) in [5, 5.41) is 2.29. The molecule has 11 aromatic rings. The van der Waals surface area contributed by atoms with Crippen molar-refractivity contribution >= 4 is 44.6 Å². The van der Waals surface area contributed by atoms with Crippen molar-refractivity contribution in [3.05, 3.63) is 276 Å². The summed E-state index contributed by atoms with van der Waals surface area (Å²) in [5.74, 6) is 2.37. The van der Waals surface area contributed by atoms with Crippen LogP contribution in [-0.2, 0) is 16.2 Å². The number of rotatable bonds is 12. The molecule has 0 saturated carbocycles. The van der Waals surface area contributed by atoms with Crippen LogP contribution < -0.4 is 14.5 Å². The summed E-state index contributed by atoms with van der Waals surface area (Å²) >= 11 is 0. The average molecular weight is 961 g/mol. The number of benzene rings is 9. The third-order valence-electron chi connectivity index (χ3n) is 15.8. The van der Waals surface area contributed by atoms with Crippen LogP contribution >= 0.6 is 0 Å². The molecule has 3 heterocycles. The van der Waals surface area contributed by atoms with Gasteiger partial charge < -0.3 is 14.5 Å². The number of nitrogens with zero attached hydrogens (tertiary/aromatic N) is 4. The van der Waals surface area contributed by atoms with E-state index >= 15 is 0 Å². The van der Waals surface area contributed by atoms with Gasteiger partial charge in [0.05, 0.1) is 22.4 Å². The standard InChI is InChI=1S/C69H60N4O/c1-67(2,50-24-13-8-14-25-50)53-38-39-70-66(44-53)73-62-37-34-49(48-22-11-7-12-23-48)40-61(62)60-36-35-59(46-65(60)73)74-58-31-21-30-56(45-58)71-47-72(64-33-20-19-32-63(64)71)57-42-54(68(3,4)51-26-15-9-16-27-51)41-55(43-57)69(5,6)52-28-17-10-18-29-52/h7-46H,47H2,1-6H3. The van der Waals surface area contributed by atoms with E-state index in [0.29, 0.717) is 6.67 Å². The number of fused-ring (bicyclic) bond motifs is 4. The molecule has 362 valence electrons. The maximum Gasteiger partial charge on any atom is 0.137 e. The van der Waals surface area contributed by atoms with Gasteiger partial charge in [0.2, 0.25) is 0 Å². The SMILES string of the molecule is CC(C)(c1ccccc1)c1cc(N2CN(c3cccc(Oc4ccc5c6cc(-c7ccccc7)ccc6n(-c6cc(C(C)(C)c7ccccc7)ccn6)c5c4)c3)c3ccccc32)cc(C(C)(C)c2ccccc2)c1. The van der Waals surface area contributed by atoms with Gasteiger partial charge in [-0.05, 0) is 117 Å². The van der Waals surface area contributed by atoms with Gasteiger partial charge in [-0.25, -0.2) is 4.98 Å². The minimum Gasteiger partial charge on any atom is -0.457 e. The molecule has 0 spiro atoms. The van der Waals surface area contributed by atoms with Crippen molar-refractivity contribution in [1.29, 1.82) is 0 Å². The van der Waals surface area contributed by atoms with Gasteiger partial charge in [0, 0.05) is 56.7 Å². The Morgan fingerprint density at radius 1 is 0.365 bits per heavy atom. The summed E-state index contributed by atoms with van der Waals surface area (Å²) in [6.07, 6.45) is 1.95. The smallest absolute Gasteiger partial charge is 0.137 e. The third kappa shape index (κ3) is 8.28. The molecule has 0 unspecified atom stereocenters. The van der Waals surface area contributed by atoms with Crippen LogP contribution in [0.2, 0.25) is 0 Å². The molecule has 0 fully saturated rings. The van der Waals surface area contributed by atoms with E-state index in [1.165, 1.54) is 44.5 Å². The molecule has 0 atom stereocenters. The number of anilines is 4. The van der Waals surface area contributed by atoms with Gasteiger partial charge in [-0.3, -0.25) is 4.57 Å². The fraction of sp³-hybridized carbons (Fsp3) is 0.145. The van der Waals surface area contributed by atoms with E-state index in [1.54, 1.807) is 0 Å². The molecule has 5 heteroatoms. The quantitative estimate of drug-likeness (QED) is 0.122. The highest BCUT2D eigenvalue weighted by molar-refractivity contribution is 6.10. The van der Waals surface area contributed by atoms with E-state index in [0.717, 1.165) is 61.9 Å².